The lowest BCUT2D eigenvalue weighted by Gasteiger charge is -2.11. The molecule has 1 N–H and O–H groups in total. The first kappa shape index (κ1) is 17.0. The number of hydrazone groups is 1. The van der Waals surface area contributed by atoms with Crippen molar-refractivity contribution < 1.29 is 9.47 Å². The summed E-state index contributed by atoms with van der Waals surface area (Å²) in [6.07, 6.45) is 1.75. The van der Waals surface area contributed by atoms with Gasteiger partial charge in [-0.1, -0.05) is 23.5 Å². The Hall–Kier alpha value is -1.87. The Morgan fingerprint density at radius 1 is 1.33 bits per heavy atom. The van der Waals surface area contributed by atoms with Crippen LogP contribution < -0.4 is 14.9 Å². The highest BCUT2D eigenvalue weighted by molar-refractivity contribution is 14.1. The zero-order valence-corrected chi connectivity index (χ0v) is 16.2. The summed E-state index contributed by atoms with van der Waals surface area (Å²) >= 11 is 3.80. The molecule has 0 aliphatic carbocycles. The first-order chi connectivity index (χ1) is 11.7. The molecule has 0 saturated carbocycles. The number of anilines is 1. The molecule has 0 amide bonds. The van der Waals surface area contributed by atoms with Gasteiger partial charge in [-0.15, -0.1) is 0 Å². The molecule has 0 atom stereocenters. The number of nitrogens with one attached hydrogen (secondary N) is 1. The zero-order valence-electron chi connectivity index (χ0n) is 13.2. The predicted octanol–water partition coefficient (Wildman–Crippen LogP) is 4.75. The van der Waals surface area contributed by atoms with E-state index in [9.17, 15) is 0 Å². The number of hydrogen-bond acceptors (Lipinski definition) is 6. The van der Waals surface area contributed by atoms with Gasteiger partial charge in [0.05, 0.1) is 33.7 Å². The van der Waals surface area contributed by atoms with Crippen LogP contribution in [-0.4, -0.2) is 24.9 Å². The normalized spacial score (nSPS) is 11.1. The second-order valence-electron chi connectivity index (χ2n) is 4.82. The number of para-hydroxylation sites is 1. The maximum absolute atomic E-state index is 5.63. The number of thiazole rings is 1. The summed E-state index contributed by atoms with van der Waals surface area (Å²) in [7, 11) is 1.64. The topological polar surface area (TPSA) is 55.7 Å². The van der Waals surface area contributed by atoms with Gasteiger partial charge in [-0.3, -0.25) is 5.43 Å². The molecular formula is C17H16IN3O2S. The van der Waals surface area contributed by atoms with Crippen molar-refractivity contribution in [3.63, 3.8) is 0 Å². The van der Waals surface area contributed by atoms with E-state index in [1.54, 1.807) is 24.7 Å². The molecule has 0 bridgehead atoms. The second-order valence-corrected chi connectivity index (χ2v) is 7.02. The Labute approximate surface area is 157 Å². The van der Waals surface area contributed by atoms with Gasteiger partial charge >= 0.3 is 0 Å². The molecule has 1 aromatic heterocycles. The molecule has 0 aliphatic rings. The number of methoxy groups -OCH3 is 1. The van der Waals surface area contributed by atoms with Gasteiger partial charge in [0.2, 0.25) is 5.13 Å². The largest absolute Gasteiger partial charge is 0.492 e. The number of aromatic nitrogens is 1. The Balaban J connectivity index is 1.78. The van der Waals surface area contributed by atoms with E-state index in [2.05, 4.69) is 38.1 Å². The minimum absolute atomic E-state index is 0.580. The van der Waals surface area contributed by atoms with Crippen molar-refractivity contribution in [2.24, 2.45) is 5.10 Å². The third kappa shape index (κ3) is 3.78. The monoisotopic (exact) mass is 453 g/mol. The van der Waals surface area contributed by atoms with Crippen LogP contribution >= 0.6 is 33.9 Å². The van der Waals surface area contributed by atoms with E-state index in [1.807, 2.05) is 43.3 Å². The van der Waals surface area contributed by atoms with Gasteiger partial charge in [0.1, 0.15) is 0 Å². The van der Waals surface area contributed by atoms with Crippen molar-refractivity contribution in [1.29, 1.82) is 0 Å². The summed E-state index contributed by atoms with van der Waals surface area (Å²) in [5.41, 5.74) is 4.88. The van der Waals surface area contributed by atoms with E-state index >= 15 is 0 Å². The Bertz CT molecular complexity index is 846. The minimum atomic E-state index is 0.580. The molecule has 0 saturated heterocycles. The average molecular weight is 453 g/mol. The van der Waals surface area contributed by atoms with E-state index in [0.29, 0.717) is 12.4 Å². The molecule has 7 heteroatoms. The van der Waals surface area contributed by atoms with Crippen molar-refractivity contribution >= 4 is 55.5 Å². The highest BCUT2D eigenvalue weighted by Gasteiger charge is 2.10. The van der Waals surface area contributed by atoms with Crippen LogP contribution in [0.3, 0.4) is 0 Å². The van der Waals surface area contributed by atoms with Crippen LogP contribution in [0.1, 0.15) is 12.5 Å². The Kier molecular flexibility index (Phi) is 5.52. The van der Waals surface area contributed by atoms with Crippen molar-refractivity contribution in [3.05, 3.63) is 45.5 Å². The minimum Gasteiger partial charge on any atom is -0.492 e. The summed E-state index contributed by atoms with van der Waals surface area (Å²) in [5.74, 6) is 1.46. The lowest BCUT2D eigenvalue weighted by molar-refractivity contribution is 0.309. The standard InChI is InChI=1S/C17H16IN3O2S/c1-3-23-14-9-11(8-12(18)16(14)22-2)10-19-21-17-20-13-6-4-5-7-15(13)24-17/h4-10H,3H2,1-2H3,(H,20,21)/b19-10-. The molecular weight excluding hydrogens is 437 g/mol. The molecule has 5 nitrogen and oxygen atoms in total. The molecule has 3 aromatic rings. The van der Waals surface area contributed by atoms with Crippen molar-refractivity contribution in [2.45, 2.75) is 6.92 Å². The van der Waals surface area contributed by atoms with Crippen molar-refractivity contribution in [2.75, 3.05) is 19.1 Å². The molecule has 2 aromatic carbocycles. The SMILES string of the molecule is CCOc1cc(/C=N\Nc2nc3ccccc3s2)cc(I)c1OC. The third-order valence-electron chi connectivity index (χ3n) is 3.20. The van der Waals surface area contributed by atoms with E-state index in [1.165, 1.54) is 0 Å². The lowest BCUT2D eigenvalue weighted by atomic mass is 10.2. The summed E-state index contributed by atoms with van der Waals surface area (Å²) in [5, 5.41) is 5.04. The molecule has 0 unspecified atom stereocenters. The third-order valence-corrected chi connectivity index (χ3v) is 4.95. The van der Waals surface area contributed by atoms with Gasteiger partial charge in [0, 0.05) is 0 Å². The average Bonchev–Trinajstić information content (AvgIpc) is 2.98. The molecule has 124 valence electrons. The fourth-order valence-electron chi connectivity index (χ4n) is 2.21. The summed E-state index contributed by atoms with van der Waals surface area (Å²) in [4.78, 5) is 4.48. The first-order valence-electron chi connectivity index (χ1n) is 7.36. The van der Waals surface area contributed by atoms with Gasteiger partial charge < -0.3 is 9.47 Å². The number of nitrogens with zero attached hydrogens (tertiary/aromatic N) is 2. The summed E-state index contributed by atoms with van der Waals surface area (Å²) in [6, 6.07) is 11.9. The van der Waals surface area contributed by atoms with E-state index in [0.717, 1.165) is 30.2 Å². The van der Waals surface area contributed by atoms with Gasteiger partial charge in [-0.05, 0) is 59.3 Å². The number of rotatable bonds is 6. The van der Waals surface area contributed by atoms with Crippen molar-refractivity contribution in [1.82, 2.24) is 4.98 Å². The number of ether oxygens (including phenoxy) is 2. The van der Waals surface area contributed by atoms with Crippen LogP contribution in [0.2, 0.25) is 0 Å². The predicted molar refractivity (Wildman–Crippen MR) is 108 cm³/mol. The second kappa shape index (κ2) is 7.80. The molecule has 0 spiro atoms. The van der Waals surface area contributed by atoms with Gasteiger partial charge in [-0.25, -0.2) is 4.98 Å². The lowest BCUT2D eigenvalue weighted by Crippen LogP contribution is -1.99. The molecule has 0 radical (unpaired) electrons. The summed E-state index contributed by atoms with van der Waals surface area (Å²) in [6.45, 7) is 2.53. The first-order valence-corrected chi connectivity index (χ1v) is 9.25. The number of halogens is 1. The molecule has 3 rings (SSSR count). The molecule has 24 heavy (non-hydrogen) atoms. The zero-order chi connectivity index (χ0) is 16.9. The van der Waals surface area contributed by atoms with Gasteiger partial charge in [0.15, 0.2) is 11.5 Å². The van der Waals surface area contributed by atoms with Gasteiger partial charge in [-0.2, -0.15) is 5.10 Å². The highest BCUT2D eigenvalue weighted by Crippen LogP contribution is 2.33. The molecule has 0 aliphatic heterocycles. The maximum Gasteiger partial charge on any atom is 0.204 e. The van der Waals surface area contributed by atoms with E-state index in [-0.39, 0.29) is 0 Å². The fraction of sp³-hybridized carbons (Fsp3) is 0.176. The molecule has 0 fully saturated rings. The van der Waals surface area contributed by atoms with Crippen LogP contribution in [0, 0.1) is 3.57 Å². The van der Waals surface area contributed by atoms with Crippen LogP contribution in [0.15, 0.2) is 41.5 Å². The van der Waals surface area contributed by atoms with E-state index < -0.39 is 0 Å². The number of benzene rings is 2. The van der Waals surface area contributed by atoms with Crippen LogP contribution in [0.5, 0.6) is 11.5 Å². The Morgan fingerprint density at radius 3 is 2.92 bits per heavy atom. The number of hydrogen-bond donors (Lipinski definition) is 1. The fourth-order valence-corrected chi connectivity index (χ4v) is 3.87. The highest BCUT2D eigenvalue weighted by atomic mass is 127. The van der Waals surface area contributed by atoms with Gasteiger partial charge in [0.25, 0.3) is 0 Å². The summed E-state index contributed by atoms with van der Waals surface area (Å²) < 4.78 is 13.1. The Morgan fingerprint density at radius 2 is 2.17 bits per heavy atom. The molecule has 1 heterocycles. The van der Waals surface area contributed by atoms with Crippen LogP contribution in [0.4, 0.5) is 5.13 Å². The van der Waals surface area contributed by atoms with Crippen LogP contribution in [-0.2, 0) is 0 Å². The van der Waals surface area contributed by atoms with Crippen molar-refractivity contribution in [3.8, 4) is 11.5 Å². The number of fused-ring (bicyclic) bond motifs is 1. The van der Waals surface area contributed by atoms with E-state index in [4.69, 9.17) is 9.47 Å². The van der Waals surface area contributed by atoms with Crippen LogP contribution in [0.25, 0.3) is 10.2 Å². The quantitative estimate of drug-likeness (QED) is 0.333. The smallest absolute Gasteiger partial charge is 0.204 e. The maximum atomic E-state index is 5.63.